The maximum absolute atomic E-state index is 11.6. The topological polar surface area (TPSA) is 108 Å². The Hall–Kier alpha value is -2.31. The Bertz CT molecular complexity index is 426. The van der Waals surface area contributed by atoms with Crippen LogP contribution < -0.4 is 11.1 Å². The van der Waals surface area contributed by atoms with Crippen molar-refractivity contribution in [2.45, 2.75) is 27.0 Å². The van der Waals surface area contributed by atoms with Crippen LogP contribution in [0.15, 0.2) is 23.3 Å². The SMILES string of the molecule is COC(=O)/C(C)=C/C=C(\C)C(=O)OC(C)NC(N)=O. The summed E-state index contributed by atoms with van der Waals surface area (Å²) in [6, 6.07) is -0.789. The number of amides is 2. The molecule has 0 aromatic heterocycles. The first-order chi connectivity index (χ1) is 8.77. The molecule has 0 rings (SSSR count). The molecule has 106 valence electrons. The predicted octanol–water partition coefficient (Wildman–Crippen LogP) is 0.610. The fourth-order valence-electron chi connectivity index (χ4n) is 1.03. The van der Waals surface area contributed by atoms with Crippen LogP contribution >= 0.6 is 0 Å². The summed E-state index contributed by atoms with van der Waals surface area (Å²) >= 11 is 0. The fraction of sp³-hybridized carbons (Fsp3) is 0.417. The summed E-state index contributed by atoms with van der Waals surface area (Å²) in [4.78, 5) is 33.2. The van der Waals surface area contributed by atoms with Gasteiger partial charge in [-0.3, -0.25) is 0 Å². The third-order valence-corrected chi connectivity index (χ3v) is 2.04. The van der Waals surface area contributed by atoms with Gasteiger partial charge in [0, 0.05) is 11.1 Å². The molecule has 3 N–H and O–H groups in total. The number of nitrogens with two attached hydrogens (primary N) is 1. The molecule has 0 fully saturated rings. The summed E-state index contributed by atoms with van der Waals surface area (Å²) in [7, 11) is 1.27. The van der Waals surface area contributed by atoms with E-state index in [2.05, 4.69) is 10.1 Å². The van der Waals surface area contributed by atoms with Crippen LogP contribution in [0.1, 0.15) is 20.8 Å². The molecular weight excluding hydrogens is 252 g/mol. The molecule has 0 heterocycles. The molecule has 19 heavy (non-hydrogen) atoms. The molecule has 0 radical (unpaired) electrons. The second-order valence-corrected chi connectivity index (χ2v) is 3.75. The lowest BCUT2D eigenvalue weighted by Gasteiger charge is -2.13. The summed E-state index contributed by atoms with van der Waals surface area (Å²) in [6.07, 6.45) is 2.03. The molecule has 2 amide bonds. The number of carbonyl (C=O) groups excluding carboxylic acids is 3. The molecule has 0 bridgehead atoms. The lowest BCUT2D eigenvalue weighted by molar-refractivity contribution is -0.144. The first kappa shape index (κ1) is 16.7. The van der Waals surface area contributed by atoms with Crippen LogP contribution in [0.2, 0.25) is 0 Å². The average Bonchev–Trinajstić information content (AvgIpc) is 2.32. The van der Waals surface area contributed by atoms with E-state index < -0.39 is 24.2 Å². The van der Waals surface area contributed by atoms with E-state index in [1.165, 1.54) is 33.1 Å². The van der Waals surface area contributed by atoms with Gasteiger partial charge in [0.1, 0.15) is 0 Å². The minimum absolute atomic E-state index is 0.265. The minimum atomic E-state index is -0.834. The van der Waals surface area contributed by atoms with Gasteiger partial charge in [-0.05, 0) is 20.8 Å². The van der Waals surface area contributed by atoms with Gasteiger partial charge in [-0.15, -0.1) is 0 Å². The Morgan fingerprint density at radius 1 is 1.11 bits per heavy atom. The molecule has 0 aromatic rings. The summed E-state index contributed by atoms with van der Waals surface area (Å²) in [5.74, 6) is -1.11. The number of allylic oxidation sites excluding steroid dienone is 2. The smallest absolute Gasteiger partial charge is 0.335 e. The lowest BCUT2D eigenvalue weighted by Crippen LogP contribution is -2.39. The Morgan fingerprint density at radius 3 is 2.00 bits per heavy atom. The van der Waals surface area contributed by atoms with Gasteiger partial charge in [0.2, 0.25) is 0 Å². The van der Waals surface area contributed by atoms with Crippen molar-refractivity contribution in [3.63, 3.8) is 0 Å². The van der Waals surface area contributed by atoms with E-state index >= 15 is 0 Å². The summed E-state index contributed by atoms with van der Waals surface area (Å²) in [5, 5.41) is 2.20. The Labute approximate surface area is 111 Å². The van der Waals surface area contributed by atoms with E-state index in [0.717, 1.165) is 0 Å². The highest BCUT2D eigenvalue weighted by Crippen LogP contribution is 2.03. The molecule has 0 aliphatic carbocycles. The second-order valence-electron chi connectivity index (χ2n) is 3.75. The monoisotopic (exact) mass is 270 g/mol. The van der Waals surface area contributed by atoms with Gasteiger partial charge in [0.25, 0.3) is 0 Å². The molecule has 1 atom stereocenters. The zero-order valence-electron chi connectivity index (χ0n) is 11.4. The molecule has 7 heteroatoms. The third-order valence-electron chi connectivity index (χ3n) is 2.04. The number of carbonyl (C=O) groups is 3. The average molecular weight is 270 g/mol. The predicted molar refractivity (Wildman–Crippen MR) is 67.8 cm³/mol. The zero-order chi connectivity index (χ0) is 15.0. The van der Waals surface area contributed by atoms with Crippen molar-refractivity contribution in [1.29, 1.82) is 0 Å². The highest BCUT2D eigenvalue weighted by molar-refractivity contribution is 5.90. The molecule has 0 spiro atoms. The van der Waals surface area contributed by atoms with E-state index in [0.29, 0.717) is 5.57 Å². The normalized spacial score (nSPS) is 13.5. The molecule has 7 nitrogen and oxygen atoms in total. The Balaban J connectivity index is 4.56. The maximum Gasteiger partial charge on any atom is 0.335 e. The van der Waals surface area contributed by atoms with Crippen molar-refractivity contribution in [2.24, 2.45) is 5.73 Å². The number of rotatable bonds is 5. The molecular formula is C12H18N2O5. The Morgan fingerprint density at radius 2 is 1.58 bits per heavy atom. The van der Waals surface area contributed by atoms with Crippen LogP contribution in [0.4, 0.5) is 4.79 Å². The standard InChI is InChI=1S/C12H18N2O5/c1-7(10(15)18-4)5-6-8(2)11(16)19-9(3)14-12(13)17/h5-6,9H,1-4H3,(H3,13,14,17)/b7-5+,8-6+. The van der Waals surface area contributed by atoms with E-state index in [9.17, 15) is 14.4 Å². The number of methoxy groups -OCH3 is 1. The highest BCUT2D eigenvalue weighted by atomic mass is 16.6. The molecule has 0 aliphatic heterocycles. The lowest BCUT2D eigenvalue weighted by atomic mass is 10.2. The Kier molecular flexibility index (Phi) is 6.95. The quantitative estimate of drug-likeness (QED) is 0.329. The summed E-state index contributed by atoms with van der Waals surface area (Å²) < 4.78 is 9.38. The van der Waals surface area contributed by atoms with Crippen molar-refractivity contribution in [3.05, 3.63) is 23.3 Å². The molecule has 0 saturated carbocycles. The van der Waals surface area contributed by atoms with Gasteiger partial charge >= 0.3 is 18.0 Å². The van der Waals surface area contributed by atoms with E-state index in [1.54, 1.807) is 6.92 Å². The van der Waals surface area contributed by atoms with Crippen LogP contribution in [0.3, 0.4) is 0 Å². The second kappa shape index (κ2) is 7.91. The fourth-order valence-corrected chi connectivity index (χ4v) is 1.03. The van der Waals surface area contributed by atoms with E-state index in [1.807, 2.05) is 0 Å². The van der Waals surface area contributed by atoms with Gasteiger partial charge in [-0.25, -0.2) is 14.4 Å². The zero-order valence-corrected chi connectivity index (χ0v) is 11.4. The van der Waals surface area contributed by atoms with Crippen molar-refractivity contribution in [3.8, 4) is 0 Å². The van der Waals surface area contributed by atoms with Gasteiger partial charge in [-0.1, -0.05) is 12.2 Å². The van der Waals surface area contributed by atoms with Gasteiger partial charge in [-0.2, -0.15) is 0 Å². The van der Waals surface area contributed by atoms with E-state index in [4.69, 9.17) is 10.5 Å². The number of hydrogen-bond donors (Lipinski definition) is 2. The van der Waals surface area contributed by atoms with Crippen molar-refractivity contribution in [1.82, 2.24) is 5.32 Å². The van der Waals surface area contributed by atoms with Gasteiger partial charge < -0.3 is 20.5 Å². The summed E-state index contributed by atoms with van der Waals surface area (Å²) in [5.41, 5.74) is 5.49. The van der Waals surface area contributed by atoms with Gasteiger partial charge in [0.15, 0.2) is 6.23 Å². The first-order valence-corrected chi connectivity index (χ1v) is 5.48. The molecule has 0 aliphatic rings. The molecule has 0 aromatic carbocycles. The number of nitrogens with one attached hydrogen (secondary N) is 1. The van der Waals surface area contributed by atoms with Crippen molar-refractivity contribution >= 4 is 18.0 Å². The number of hydrogen-bond acceptors (Lipinski definition) is 5. The first-order valence-electron chi connectivity index (χ1n) is 5.48. The van der Waals surface area contributed by atoms with E-state index in [-0.39, 0.29) is 5.57 Å². The van der Waals surface area contributed by atoms with Crippen LogP contribution in [-0.4, -0.2) is 31.3 Å². The van der Waals surface area contributed by atoms with Gasteiger partial charge in [0.05, 0.1) is 7.11 Å². The number of ether oxygens (including phenoxy) is 2. The van der Waals surface area contributed by atoms with Crippen molar-refractivity contribution in [2.75, 3.05) is 7.11 Å². The number of esters is 2. The van der Waals surface area contributed by atoms with Crippen LogP contribution in [-0.2, 0) is 19.1 Å². The number of urea groups is 1. The minimum Gasteiger partial charge on any atom is -0.466 e. The maximum atomic E-state index is 11.6. The number of primary amides is 1. The largest absolute Gasteiger partial charge is 0.466 e. The van der Waals surface area contributed by atoms with Crippen LogP contribution in [0.5, 0.6) is 0 Å². The molecule has 0 saturated heterocycles. The highest BCUT2D eigenvalue weighted by Gasteiger charge is 2.11. The summed E-state index contributed by atoms with van der Waals surface area (Å²) in [6.45, 7) is 4.53. The van der Waals surface area contributed by atoms with Crippen LogP contribution in [0, 0.1) is 0 Å². The van der Waals surface area contributed by atoms with Crippen LogP contribution in [0.25, 0.3) is 0 Å². The third kappa shape index (κ3) is 6.87. The molecule has 1 unspecified atom stereocenters. The van der Waals surface area contributed by atoms with Crippen molar-refractivity contribution < 1.29 is 23.9 Å².